The zero-order chi connectivity index (χ0) is 16.0. The molecule has 0 aliphatic heterocycles. The van der Waals surface area contributed by atoms with Crippen LogP contribution in [0.2, 0.25) is 0 Å². The summed E-state index contributed by atoms with van der Waals surface area (Å²) in [5, 5.41) is 0. The maximum atomic E-state index is 12.5. The van der Waals surface area contributed by atoms with Crippen molar-refractivity contribution in [1.82, 2.24) is 4.90 Å². The third kappa shape index (κ3) is 5.29. The number of ether oxygens (including phenoxy) is 1. The van der Waals surface area contributed by atoms with Crippen molar-refractivity contribution in [3.05, 3.63) is 47.7 Å². The van der Waals surface area contributed by atoms with Crippen molar-refractivity contribution < 1.29 is 27.5 Å². The van der Waals surface area contributed by atoms with E-state index in [-0.39, 0.29) is 6.61 Å². The van der Waals surface area contributed by atoms with Crippen molar-refractivity contribution in [2.24, 2.45) is 0 Å². The van der Waals surface area contributed by atoms with Gasteiger partial charge in [0, 0.05) is 20.3 Å². The van der Waals surface area contributed by atoms with E-state index in [1.807, 2.05) is 0 Å². The van der Waals surface area contributed by atoms with Crippen LogP contribution < -0.4 is 0 Å². The minimum Gasteiger partial charge on any atom is -0.457 e. The topological polar surface area (TPSA) is 46.6 Å². The summed E-state index contributed by atoms with van der Waals surface area (Å²) in [6.07, 6.45) is -4.34. The predicted molar refractivity (Wildman–Crippen MR) is 69.1 cm³/mol. The number of hydrogen-bond acceptors (Lipinski definition) is 4. The number of esters is 1. The van der Waals surface area contributed by atoms with Gasteiger partial charge in [0.05, 0.1) is 0 Å². The first-order chi connectivity index (χ1) is 9.71. The average Bonchev–Trinajstić information content (AvgIpc) is 2.41. The molecule has 0 atom stereocenters. The van der Waals surface area contributed by atoms with Crippen molar-refractivity contribution in [2.75, 3.05) is 14.1 Å². The van der Waals surface area contributed by atoms with Crippen LogP contribution in [-0.4, -0.2) is 36.9 Å². The monoisotopic (exact) mass is 301 g/mol. The van der Waals surface area contributed by atoms with Crippen LogP contribution >= 0.6 is 0 Å². The van der Waals surface area contributed by atoms with Gasteiger partial charge in [-0.25, -0.2) is 4.79 Å². The Morgan fingerprint density at radius 2 is 1.76 bits per heavy atom. The Morgan fingerprint density at radius 3 is 2.24 bits per heavy atom. The molecule has 0 saturated carbocycles. The summed E-state index contributed by atoms with van der Waals surface area (Å²) in [6.45, 7) is -0.213. The van der Waals surface area contributed by atoms with Gasteiger partial charge in [-0.2, -0.15) is 13.2 Å². The number of carbonyl (C=O) groups is 2. The molecule has 0 amide bonds. The van der Waals surface area contributed by atoms with Crippen molar-refractivity contribution in [1.29, 1.82) is 0 Å². The van der Waals surface area contributed by atoms with E-state index < -0.39 is 23.5 Å². The molecule has 0 fully saturated rings. The predicted octanol–water partition coefficient (Wildman–Crippen LogP) is 2.31. The molecule has 4 nitrogen and oxygen atoms in total. The second-order valence-electron chi connectivity index (χ2n) is 4.40. The number of alkyl halides is 3. The van der Waals surface area contributed by atoms with Crippen LogP contribution in [0, 0.1) is 0 Å². The Kier molecular flexibility index (Phi) is 5.52. The molecule has 21 heavy (non-hydrogen) atoms. The van der Waals surface area contributed by atoms with E-state index >= 15 is 0 Å². The van der Waals surface area contributed by atoms with Crippen molar-refractivity contribution in [3.8, 4) is 0 Å². The third-order valence-corrected chi connectivity index (χ3v) is 2.32. The minimum atomic E-state index is -5.13. The lowest BCUT2D eigenvalue weighted by molar-refractivity contribution is -0.169. The highest BCUT2D eigenvalue weighted by molar-refractivity contribution is 6.19. The first-order valence-corrected chi connectivity index (χ1v) is 5.92. The summed E-state index contributed by atoms with van der Waals surface area (Å²) in [6, 6.07) is 8.43. The summed E-state index contributed by atoms with van der Waals surface area (Å²) in [4.78, 5) is 24.1. The van der Waals surface area contributed by atoms with E-state index in [1.54, 1.807) is 30.3 Å². The third-order valence-electron chi connectivity index (χ3n) is 2.32. The SMILES string of the molecule is CN(C)/C=C(/C(=O)OCc1ccccc1)C(=O)C(F)(F)F. The van der Waals surface area contributed by atoms with E-state index in [0.717, 1.165) is 6.20 Å². The highest BCUT2D eigenvalue weighted by Crippen LogP contribution is 2.22. The van der Waals surface area contributed by atoms with Crippen molar-refractivity contribution >= 4 is 11.8 Å². The number of halogens is 3. The fraction of sp³-hybridized carbons (Fsp3) is 0.286. The number of Topliss-reactive ketones (excluding diaryl/α,β-unsaturated/α-hetero) is 1. The maximum Gasteiger partial charge on any atom is 0.455 e. The molecule has 7 heteroatoms. The lowest BCUT2D eigenvalue weighted by Gasteiger charge is -2.12. The van der Waals surface area contributed by atoms with Crippen LogP contribution in [0.4, 0.5) is 13.2 Å². The largest absolute Gasteiger partial charge is 0.457 e. The molecule has 1 rings (SSSR count). The Hall–Kier alpha value is -2.31. The van der Waals surface area contributed by atoms with E-state index in [0.29, 0.717) is 5.56 Å². The Balaban J connectivity index is 2.85. The normalized spacial score (nSPS) is 12.0. The second kappa shape index (κ2) is 6.92. The van der Waals surface area contributed by atoms with Crippen molar-refractivity contribution in [3.63, 3.8) is 0 Å². The number of nitrogens with zero attached hydrogens (tertiary/aromatic N) is 1. The number of carbonyl (C=O) groups excluding carboxylic acids is 2. The molecule has 0 aliphatic carbocycles. The molecule has 0 unspecified atom stereocenters. The molecule has 0 N–H and O–H groups in total. The zero-order valence-electron chi connectivity index (χ0n) is 11.5. The van der Waals surface area contributed by atoms with Gasteiger partial charge in [0.2, 0.25) is 0 Å². The molecule has 0 saturated heterocycles. The summed E-state index contributed by atoms with van der Waals surface area (Å²) in [5.74, 6) is -3.54. The van der Waals surface area contributed by atoms with Gasteiger partial charge in [-0.3, -0.25) is 4.79 Å². The summed E-state index contributed by atoms with van der Waals surface area (Å²) in [5.41, 5.74) is -0.446. The van der Waals surface area contributed by atoms with Crippen LogP contribution in [0.15, 0.2) is 42.1 Å². The van der Waals surface area contributed by atoms with E-state index in [1.165, 1.54) is 19.0 Å². The standard InChI is InChI=1S/C14H14F3NO3/c1-18(2)8-11(12(19)14(15,16)17)13(20)21-9-10-6-4-3-5-7-10/h3-8H,9H2,1-2H3/b11-8+. The average molecular weight is 301 g/mol. The van der Waals surface area contributed by atoms with Gasteiger partial charge in [-0.05, 0) is 5.56 Å². The molecular weight excluding hydrogens is 287 g/mol. The highest BCUT2D eigenvalue weighted by atomic mass is 19.4. The molecular formula is C14H14F3NO3. The Labute approximate surface area is 119 Å². The minimum absolute atomic E-state index is 0.213. The Bertz CT molecular complexity index is 536. The molecule has 1 aromatic carbocycles. The maximum absolute atomic E-state index is 12.5. The van der Waals surface area contributed by atoms with Gasteiger partial charge in [0.25, 0.3) is 5.78 Å². The number of rotatable bonds is 5. The first-order valence-electron chi connectivity index (χ1n) is 5.92. The molecule has 0 aromatic heterocycles. The smallest absolute Gasteiger partial charge is 0.455 e. The van der Waals surface area contributed by atoms with Crippen LogP contribution in [0.1, 0.15) is 5.56 Å². The second-order valence-corrected chi connectivity index (χ2v) is 4.40. The van der Waals surface area contributed by atoms with Gasteiger partial charge in [0.1, 0.15) is 12.2 Å². The van der Waals surface area contributed by atoms with Gasteiger partial charge in [0.15, 0.2) is 0 Å². The molecule has 0 spiro atoms. The fourth-order valence-electron chi connectivity index (χ4n) is 1.42. The quantitative estimate of drug-likeness (QED) is 0.362. The van der Waals surface area contributed by atoms with E-state index in [9.17, 15) is 22.8 Å². The van der Waals surface area contributed by atoms with Gasteiger partial charge in [-0.15, -0.1) is 0 Å². The molecule has 0 heterocycles. The first kappa shape index (κ1) is 16.7. The van der Waals surface area contributed by atoms with Gasteiger partial charge < -0.3 is 9.64 Å². The molecule has 114 valence electrons. The van der Waals surface area contributed by atoms with E-state index in [4.69, 9.17) is 4.74 Å². The number of ketones is 1. The highest BCUT2D eigenvalue weighted by Gasteiger charge is 2.43. The zero-order valence-corrected chi connectivity index (χ0v) is 11.5. The molecule has 0 bridgehead atoms. The summed E-state index contributed by atoms with van der Waals surface area (Å²) >= 11 is 0. The van der Waals surface area contributed by atoms with Gasteiger partial charge >= 0.3 is 12.1 Å². The summed E-state index contributed by atoms with van der Waals surface area (Å²) < 4.78 is 42.1. The van der Waals surface area contributed by atoms with Crippen LogP contribution in [0.3, 0.4) is 0 Å². The van der Waals surface area contributed by atoms with Gasteiger partial charge in [-0.1, -0.05) is 30.3 Å². The molecule has 0 radical (unpaired) electrons. The lowest BCUT2D eigenvalue weighted by atomic mass is 10.1. The molecule has 0 aliphatic rings. The summed E-state index contributed by atoms with van der Waals surface area (Å²) in [7, 11) is 2.79. The lowest BCUT2D eigenvalue weighted by Crippen LogP contribution is -2.30. The Morgan fingerprint density at radius 1 is 1.19 bits per heavy atom. The molecule has 1 aromatic rings. The van der Waals surface area contributed by atoms with Crippen LogP contribution in [0.5, 0.6) is 0 Å². The van der Waals surface area contributed by atoms with Crippen LogP contribution in [-0.2, 0) is 20.9 Å². The van der Waals surface area contributed by atoms with E-state index in [2.05, 4.69) is 0 Å². The van der Waals surface area contributed by atoms with Crippen LogP contribution in [0.25, 0.3) is 0 Å². The fourth-order valence-corrected chi connectivity index (χ4v) is 1.42. The van der Waals surface area contributed by atoms with Crippen molar-refractivity contribution in [2.45, 2.75) is 12.8 Å². The number of hydrogen-bond donors (Lipinski definition) is 0. The number of benzene rings is 1.